The number of nitrogens with one attached hydrogen (secondary N) is 2. The van der Waals surface area contributed by atoms with Gasteiger partial charge in [-0.15, -0.1) is 0 Å². The van der Waals surface area contributed by atoms with Crippen LogP contribution in [0, 0.1) is 6.07 Å². The van der Waals surface area contributed by atoms with Crippen molar-refractivity contribution in [3.05, 3.63) is 60.2 Å². The molecule has 2 amide bonds. The molecule has 0 aliphatic rings. The highest BCUT2D eigenvalue weighted by Crippen LogP contribution is 2.12. The number of amides is 2. The van der Waals surface area contributed by atoms with Gasteiger partial charge in [-0.25, -0.2) is 0 Å². The van der Waals surface area contributed by atoms with Crippen molar-refractivity contribution in [2.75, 3.05) is 10.6 Å². The molecule has 0 saturated carbocycles. The summed E-state index contributed by atoms with van der Waals surface area (Å²) >= 11 is 0. The minimum Gasteiger partial charge on any atom is -0.326 e. The molecule has 2 aromatic carbocycles. The lowest BCUT2D eigenvalue weighted by atomic mass is 10.2. The molecule has 1 radical (unpaired) electrons. The van der Waals surface area contributed by atoms with E-state index in [2.05, 4.69) is 16.7 Å². The Morgan fingerprint density at radius 2 is 1.47 bits per heavy atom. The van der Waals surface area contributed by atoms with Gasteiger partial charge in [-0.2, -0.15) is 0 Å². The van der Waals surface area contributed by atoms with E-state index in [1.807, 2.05) is 0 Å². The molecule has 0 atom stereocenters. The molecule has 0 aliphatic heterocycles. The second kappa shape index (κ2) is 5.82. The van der Waals surface area contributed by atoms with Crippen LogP contribution >= 0.6 is 0 Å². The van der Waals surface area contributed by atoms with Crippen LogP contribution in [-0.2, 0) is 4.79 Å². The molecule has 2 rings (SSSR count). The Bertz CT molecular complexity index is 577. The van der Waals surface area contributed by atoms with Crippen molar-refractivity contribution >= 4 is 23.2 Å². The number of hydrogen-bond donors (Lipinski definition) is 2. The molecule has 0 saturated heterocycles. The van der Waals surface area contributed by atoms with Gasteiger partial charge in [-0.3, -0.25) is 9.59 Å². The minimum atomic E-state index is -0.194. The summed E-state index contributed by atoms with van der Waals surface area (Å²) in [6.45, 7) is 1.44. The van der Waals surface area contributed by atoms with Gasteiger partial charge in [0, 0.05) is 23.9 Å². The number of benzene rings is 2. The maximum Gasteiger partial charge on any atom is 0.255 e. The molecule has 0 bridgehead atoms. The summed E-state index contributed by atoms with van der Waals surface area (Å²) in [7, 11) is 0. The first-order valence-corrected chi connectivity index (χ1v) is 5.80. The van der Waals surface area contributed by atoms with E-state index in [4.69, 9.17) is 0 Å². The molecular formula is C15H13N2O2. The lowest BCUT2D eigenvalue weighted by Gasteiger charge is -2.06. The normalized spacial score (nSPS) is 9.74. The first-order chi connectivity index (χ1) is 9.15. The Labute approximate surface area is 111 Å². The Morgan fingerprint density at radius 3 is 2.05 bits per heavy atom. The number of carbonyl (C=O) groups excluding carboxylic acids is 2. The average molecular weight is 253 g/mol. The van der Waals surface area contributed by atoms with Crippen molar-refractivity contribution in [3.63, 3.8) is 0 Å². The Hall–Kier alpha value is -2.62. The average Bonchev–Trinajstić information content (AvgIpc) is 2.40. The summed E-state index contributed by atoms with van der Waals surface area (Å²) in [5.74, 6) is -0.335. The van der Waals surface area contributed by atoms with Crippen LogP contribution in [0.1, 0.15) is 17.3 Å². The van der Waals surface area contributed by atoms with Gasteiger partial charge in [0.25, 0.3) is 5.91 Å². The van der Waals surface area contributed by atoms with Crippen molar-refractivity contribution in [1.29, 1.82) is 0 Å². The van der Waals surface area contributed by atoms with Crippen molar-refractivity contribution < 1.29 is 9.59 Å². The van der Waals surface area contributed by atoms with Crippen LogP contribution in [0.5, 0.6) is 0 Å². The first-order valence-electron chi connectivity index (χ1n) is 5.80. The van der Waals surface area contributed by atoms with Gasteiger partial charge in [0.15, 0.2) is 0 Å². The third-order valence-corrected chi connectivity index (χ3v) is 2.44. The predicted octanol–water partition coefficient (Wildman–Crippen LogP) is 2.70. The van der Waals surface area contributed by atoms with Crippen LogP contribution in [0.3, 0.4) is 0 Å². The highest BCUT2D eigenvalue weighted by molar-refractivity contribution is 6.04. The lowest BCUT2D eigenvalue weighted by Crippen LogP contribution is -2.12. The standard InChI is InChI=1S/C15H13N2O2/c1-11(18)16-14-9-7-12(8-10-14)15(19)17-13-5-3-2-4-6-13/h3-10H,1H3,(H,16,18)(H,17,19). The predicted molar refractivity (Wildman–Crippen MR) is 74.0 cm³/mol. The number of rotatable bonds is 3. The second-order valence-electron chi connectivity index (χ2n) is 4.00. The first kappa shape index (κ1) is 12.8. The van der Waals surface area contributed by atoms with Crippen LogP contribution < -0.4 is 10.6 Å². The summed E-state index contributed by atoms with van der Waals surface area (Å²) in [5, 5.41) is 5.42. The van der Waals surface area contributed by atoms with Gasteiger partial charge in [-0.05, 0) is 42.5 Å². The van der Waals surface area contributed by atoms with Gasteiger partial charge in [0.05, 0.1) is 0 Å². The van der Waals surface area contributed by atoms with Gasteiger partial charge in [-0.1, -0.05) is 12.1 Å². The van der Waals surface area contributed by atoms with E-state index >= 15 is 0 Å². The monoisotopic (exact) mass is 253 g/mol. The van der Waals surface area contributed by atoms with E-state index in [-0.39, 0.29) is 11.8 Å². The van der Waals surface area contributed by atoms with Crippen molar-refractivity contribution in [2.24, 2.45) is 0 Å². The number of anilines is 2. The zero-order valence-corrected chi connectivity index (χ0v) is 10.4. The molecule has 0 aromatic heterocycles. The Kier molecular flexibility index (Phi) is 3.93. The lowest BCUT2D eigenvalue weighted by molar-refractivity contribution is -0.114. The van der Waals surface area contributed by atoms with Crippen LogP contribution in [0.25, 0.3) is 0 Å². The fraction of sp³-hybridized carbons (Fsp3) is 0.0667. The summed E-state index contributed by atoms with van der Waals surface area (Å²) in [5.41, 5.74) is 1.91. The van der Waals surface area contributed by atoms with Gasteiger partial charge >= 0.3 is 0 Å². The molecule has 0 heterocycles. The third-order valence-electron chi connectivity index (χ3n) is 2.44. The van der Waals surface area contributed by atoms with Crippen LogP contribution in [0.2, 0.25) is 0 Å². The van der Waals surface area contributed by atoms with E-state index in [1.165, 1.54) is 6.92 Å². The minimum absolute atomic E-state index is 0.141. The topological polar surface area (TPSA) is 58.2 Å². The quantitative estimate of drug-likeness (QED) is 0.883. The summed E-state index contributed by atoms with van der Waals surface area (Å²) in [6.07, 6.45) is 0. The zero-order valence-electron chi connectivity index (χ0n) is 10.4. The number of carbonyl (C=O) groups is 2. The molecular weight excluding hydrogens is 240 g/mol. The molecule has 0 unspecified atom stereocenters. The molecule has 0 spiro atoms. The zero-order chi connectivity index (χ0) is 13.7. The van der Waals surface area contributed by atoms with Crippen LogP contribution in [0.15, 0.2) is 48.5 Å². The fourth-order valence-corrected chi connectivity index (χ4v) is 1.58. The maximum absolute atomic E-state index is 11.9. The number of hydrogen-bond acceptors (Lipinski definition) is 2. The van der Waals surface area contributed by atoms with Crippen molar-refractivity contribution in [1.82, 2.24) is 0 Å². The summed E-state index contributed by atoms with van der Waals surface area (Å²) in [6, 6.07) is 16.6. The van der Waals surface area contributed by atoms with E-state index in [0.29, 0.717) is 11.3 Å². The van der Waals surface area contributed by atoms with Crippen LogP contribution in [-0.4, -0.2) is 11.8 Å². The second-order valence-corrected chi connectivity index (χ2v) is 4.00. The molecule has 4 nitrogen and oxygen atoms in total. The van der Waals surface area contributed by atoms with Crippen LogP contribution in [0.4, 0.5) is 11.4 Å². The Balaban J connectivity index is 2.05. The highest BCUT2D eigenvalue weighted by Gasteiger charge is 2.05. The van der Waals surface area contributed by atoms with Gasteiger partial charge < -0.3 is 10.6 Å². The smallest absolute Gasteiger partial charge is 0.255 e. The van der Waals surface area contributed by atoms with E-state index in [1.54, 1.807) is 48.5 Å². The molecule has 4 heteroatoms. The molecule has 2 N–H and O–H groups in total. The molecule has 0 aliphatic carbocycles. The fourth-order valence-electron chi connectivity index (χ4n) is 1.58. The third kappa shape index (κ3) is 3.67. The largest absolute Gasteiger partial charge is 0.326 e. The summed E-state index contributed by atoms with van der Waals surface area (Å²) < 4.78 is 0. The van der Waals surface area contributed by atoms with Gasteiger partial charge in [0.1, 0.15) is 0 Å². The van der Waals surface area contributed by atoms with Gasteiger partial charge in [0.2, 0.25) is 5.91 Å². The SMILES string of the molecule is CC(=O)Nc1ccc(C(=O)Nc2cc[c]cc2)cc1. The molecule has 2 aromatic rings. The molecule has 95 valence electrons. The van der Waals surface area contributed by atoms with E-state index in [0.717, 1.165) is 5.69 Å². The van der Waals surface area contributed by atoms with Crippen molar-refractivity contribution in [2.45, 2.75) is 6.92 Å². The van der Waals surface area contributed by atoms with Crippen molar-refractivity contribution in [3.8, 4) is 0 Å². The van der Waals surface area contributed by atoms with E-state index < -0.39 is 0 Å². The van der Waals surface area contributed by atoms with E-state index in [9.17, 15) is 9.59 Å². The maximum atomic E-state index is 11.9. The summed E-state index contributed by atoms with van der Waals surface area (Å²) in [4.78, 5) is 22.8. The molecule has 19 heavy (non-hydrogen) atoms. The molecule has 0 fully saturated rings. The highest BCUT2D eigenvalue weighted by atomic mass is 16.2. The Morgan fingerprint density at radius 1 is 0.895 bits per heavy atom.